The van der Waals surface area contributed by atoms with Gasteiger partial charge in [-0.25, -0.2) is 4.79 Å². The lowest BCUT2D eigenvalue weighted by atomic mass is 9.75. The fourth-order valence-electron chi connectivity index (χ4n) is 5.51. The number of piperidine rings is 1. The number of ether oxygens (including phenoxy) is 1. The number of carbonyl (C=O) groups excluding carboxylic acids is 4. The van der Waals surface area contributed by atoms with Crippen LogP contribution in [0.3, 0.4) is 0 Å². The summed E-state index contributed by atoms with van der Waals surface area (Å²) in [5.41, 5.74) is 1.45. The van der Waals surface area contributed by atoms with E-state index in [1.54, 1.807) is 4.90 Å². The van der Waals surface area contributed by atoms with Crippen molar-refractivity contribution in [1.29, 1.82) is 0 Å². The SMILES string of the molecule is COC(=O)[C@H]1CCCCN1C(=O)C[C@]1(c2ccc(-c3ccccc3)cc2)CC(=O)N(C2CC2)C1=O. The second kappa shape index (κ2) is 9.29. The molecule has 2 atom stereocenters. The van der Waals surface area contributed by atoms with Crippen LogP contribution in [-0.2, 0) is 29.3 Å². The molecular weight excluding hydrogens is 444 g/mol. The van der Waals surface area contributed by atoms with Gasteiger partial charge in [-0.1, -0.05) is 54.6 Å². The van der Waals surface area contributed by atoms with Gasteiger partial charge in [0.1, 0.15) is 6.04 Å². The summed E-state index contributed by atoms with van der Waals surface area (Å²) < 4.78 is 4.94. The minimum Gasteiger partial charge on any atom is -0.467 e. The second-order valence-electron chi connectivity index (χ2n) is 9.80. The highest BCUT2D eigenvalue weighted by Crippen LogP contribution is 2.45. The number of likely N-dealkylation sites (tertiary alicyclic amines) is 2. The van der Waals surface area contributed by atoms with E-state index in [1.165, 1.54) is 12.0 Å². The van der Waals surface area contributed by atoms with Crippen LogP contribution in [0.15, 0.2) is 54.6 Å². The molecule has 7 nitrogen and oxygen atoms in total. The molecule has 0 spiro atoms. The second-order valence-corrected chi connectivity index (χ2v) is 9.80. The summed E-state index contributed by atoms with van der Waals surface area (Å²) in [4.78, 5) is 55.8. The molecule has 2 heterocycles. The number of imide groups is 1. The molecule has 182 valence electrons. The van der Waals surface area contributed by atoms with E-state index in [-0.39, 0.29) is 36.6 Å². The van der Waals surface area contributed by atoms with Crippen LogP contribution < -0.4 is 0 Å². The maximum absolute atomic E-state index is 13.8. The lowest BCUT2D eigenvalue weighted by Gasteiger charge is -2.36. The minimum atomic E-state index is -1.26. The lowest BCUT2D eigenvalue weighted by Crippen LogP contribution is -2.51. The van der Waals surface area contributed by atoms with Gasteiger partial charge in [0.05, 0.1) is 12.5 Å². The summed E-state index contributed by atoms with van der Waals surface area (Å²) in [5, 5.41) is 0. The molecule has 3 amide bonds. The van der Waals surface area contributed by atoms with Crippen molar-refractivity contribution in [3.05, 3.63) is 60.2 Å². The summed E-state index contributed by atoms with van der Waals surface area (Å²) in [6, 6.07) is 16.8. The van der Waals surface area contributed by atoms with Gasteiger partial charge in [0.15, 0.2) is 0 Å². The summed E-state index contributed by atoms with van der Waals surface area (Å²) in [6.45, 7) is 0.441. The van der Waals surface area contributed by atoms with Gasteiger partial charge in [-0.05, 0) is 48.8 Å². The van der Waals surface area contributed by atoms with Crippen LogP contribution in [0.4, 0.5) is 0 Å². The smallest absolute Gasteiger partial charge is 0.328 e. The number of esters is 1. The Bertz CT molecular complexity index is 1140. The molecule has 35 heavy (non-hydrogen) atoms. The Morgan fingerprint density at radius 1 is 0.943 bits per heavy atom. The third-order valence-corrected chi connectivity index (χ3v) is 7.56. The van der Waals surface area contributed by atoms with Crippen LogP contribution in [0.1, 0.15) is 50.5 Å². The Balaban J connectivity index is 1.49. The van der Waals surface area contributed by atoms with Gasteiger partial charge in [0.2, 0.25) is 17.7 Å². The highest BCUT2D eigenvalue weighted by Gasteiger charge is 2.57. The van der Waals surface area contributed by atoms with E-state index in [1.807, 2.05) is 54.6 Å². The van der Waals surface area contributed by atoms with Gasteiger partial charge >= 0.3 is 5.97 Å². The van der Waals surface area contributed by atoms with Crippen molar-refractivity contribution >= 4 is 23.7 Å². The molecule has 5 rings (SSSR count). The molecule has 2 aromatic rings. The Morgan fingerprint density at radius 3 is 2.29 bits per heavy atom. The van der Waals surface area contributed by atoms with Crippen molar-refractivity contribution in [2.75, 3.05) is 13.7 Å². The molecule has 1 saturated carbocycles. The Hall–Kier alpha value is -3.48. The fraction of sp³-hybridized carbons (Fsp3) is 0.429. The maximum atomic E-state index is 13.8. The van der Waals surface area contributed by atoms with Crippen molar-refractivity contribution < 1.29 is 23.9 Å². The molecule has 3 aliphatic rings. The van der Waals surface area contributed by atoms with Crippen molar-refractivity contribution in [3.63, 3.8) is 0 Å². The lowest BCUT2D eigenvalue weighted by molar-refractivity contribution is -0.155. The molecule has 2 saturated heterocycles. The zero-order valence-electron chi connectivity index (χ0n) is 19.9. The van der Waals surface area contributed by atoms with Crippen molar-refractivity contribution in [1.82, 2.24) is 9.80 Å². The standard InChI is InChI=1S/C28H30N2O5/c1-35-26(33)23-9-5-6-16-29(23)24(31)17-28(18-25(32)30(27(28)34)22-14-15-22)21-12-10-20(11-13-21)19-7-3-2-4-8-19/h2-4,7-8,10-13,22-23H,5-6,9,14-18H2,1H3/t23-,28-/m1/s1. The highest BCUT2D eigenvalue weighted by atomic mass is 16.5. The molecule has 2 aliphatic heterocycles. The van der Waals surface area contributed by atoms with Crippen LogP contribution in [0.25, 0.3) is 11.1 Å². The molecule has 7 heteroatoms. The molecule has 0 radical (unpaired) electrons. The minimum absolute atomic E-state index is 0.0323. The number of benzene rings is 2. The molecule has 0 N–H and O–H groups in total. The number of hydrogen-bond donors (Lipinski definition) is 0. The predicted octanol–water partition coefficient (Wildman–Crippen LogP) is 3.46. The summed E-state index contributed by atoms with van der Waals surface area (Å²) in [7, 11) is 1.32. The predicted molar refractivity (Wildman–Crippen MR) is 129 cm³/mol. The maximum Gasteiger partial charge on any atom is 0.328 e. The first-order chi connectivity index (χ1) is 16.9. The monoisotopic (exact) mass is 474 g/mol. The van der Waals surface area contributed by atoms with E-state index in [0.717, 1.165) is 36.8 Å². The van der Waals surface area contributed by atoms with E-state index in [2.05, 4.69) is 0 Å². The van der Waals surface area contributed by atoms with E-state index >= 15 is 0 Å². The van der Waals surface area contributed by atoms with Crippen molar-refractivity contribution in [2.24, 2.45) is 0 Å². The number of amides is 3. The largest absolute Gasteiger partial charge is 0.467 e. The van der Waals surface area contributed by atoms with Crippen LogP contribution >= 0.6 is 0 Å². The van der Waals surface area contributed by atoms with Crippen LogP contribution in [-0.4, -0.2) is 59.2 Å². The number of nitrogens with zero attached hydrogens (tertiary/aromatic N) is 2. The molecule has 0 aromatic heterocycles. The van der Waals surface area contributed by atoms with Gasteiger partial charge in [0, 0.05) is 25.4 Å². The third-order valence-electron chi connectivity index (χ3n) is 7.56. The first kappa shape index (κ1) is 23.3. The van der Waals surface area contributed by atoms with Crippen LogP contribution in [0.5, 0.6) is 0 Å². The van der Waals surface area contributed by atoms with Gasteiger partial charge in [-0.3, -0.25) is 19.3 Å². The van der Waals surface area contributed by atoms with E-state index in [4.69, 9.17) is 4.74 Å². The average Bonchev–Trinajstić information content (AvgIpc) is 3.69. The van der Waals surface area contributed by atoms with E-state index in [0.29, 0.717) is 18.5 Å². The third kappa shape index (κ3) is 4.24. The quantitative estimate of drug-likeness (QED) is 0.473. The Labute approximate surface area is 205 Å². The topological polar surface area (TPSA) is 84.0 Å². The van der Waals surface area contributed by atoms with E-state index < -0.39 is 17.4 Å². The molecule has 0 bridgehead atoms. The fourth-order valence-corrected chi connectivity index (χ4v) is 5.51. The summed E-state index contributed by atoms with van der Waals surface area (Å²) in [6.07, 6.45) is 3.62. The summed E-state index contributed by atoms with van der Waals surface area (Å²) >= 11 is 0. The number of carbonyl (C=O) groups is 4. The highest BCUT2D eigenvalue weighted by molar-refractivity contribution is 6.11. The number of hydrogen-bond acceptors (Lipinski definition) is 5. The normalized spacial score (nSPS) is 24.5. The average molecular weight is 475 g/mol. The Kier molecular flexibility index (Phi) is 6.17. The van der Waals surface area contributed by atoms with Gasteiger partial charge < -0.3 is 9.64 Å². The first-order valence-corrected chi connectivity index (χ1v) is 12.3. The molecular formula is C28H30N2O5. The Morgan fingerprint density at radius 2 is 1.63 bits per heavy atom. The van der Waals surface area contributed by atoms with Gasteiger partial charge in [0.25, 0.3) is 0 Å². The first-order valence-electron chi connectivity index (χ1n) is 12.3. The zero-order chi connectivity index (χ0) is 24.6. The zero-order valence-corrected chi connectivity index (χ0v) is 19.9. The molecule has 0 unspecified atom stereocenters. The van der Waals surface area contributed by atoms with Gasteiger partial charge in [-0.2, -0.15) is 0 Å². The van der Waals surface area contributed by atoms with Crippen molar-refractivity contribution in [3.8, 4) is 11.1 Å². The molecule has 3 fully saturated rings. The molecule has 1 aliphatic carbocycles. The van der Waals surface area contributed by atoms with Crippen LogP contribution in [0, 0.1) is 0 Å². The summed E-state index contributed by atoms with van der Waals surface area (Å²) in [5.74, 6) is -1.24. The van der Waals surface area contributed by atoms with Gasteiger partial charge in [-0.15, -0.1) is 0 Å². The number of methoxy groups -OCH3 is 1. The number of rotatable bonds is 6. The van der Waals surface area contributed by atoms with Crippen LogP contribution in [0.2, 0.25) is 0 Å². The molecule has 2 aromatic carbocycles. The van der Waals surface area contributed by atoms with Crippen molar-refractivity contribution in [2.45, 2.75) is 62.4 Å². The van der Waals surface area contributed by atoms with E-state index in [9.17, 15) is 19.2 Å².